The molecule has 0 aliphatic heterocycles. The van der Waals surface area contributed by atoms with Crippen LogP contribution < -0.4 is 10.4 Å². The van der Waals surface area contributed by atoms with Crippen LogP contribution in [0.3, 0.4) is 0 Å². The molecule has 3 N–H and O–H groups in total. The molecule has 0 aliphatic rings. The maximum atomic E-state index is 13.1. The lowest BCUT2D eigenvalue weighted by Crippen LogP contribution is -2.31. The first-order valence-corrected chi connectivity index (χ1v) is 11.0. The molecular formula is C19H18N4O3S2. The topological polar surface area (TPSA) is 108 Å². The zero-order valence-corrected chi connectivity index (χ0v) is 16.6. The summed E-state index contributed by atoms with van der Waals surface area (Å²) in [6.45, 7) is 1.91. The third-order valence-corrected chi connectivity index (χ3v) is 6.70. The summed E-state index contributed by atoms with van der Waals surface area (Å²) in [4.78, 5) is 21.1. The van der Waals surface area contributed by atoms with Gasteiger partial charge in [-0.1, -0.05) is 6.07 Å². The van der Waals surface area contributed by atoms with Crippen molar-refractivity contribution in [3.05, 3.63) is 80.7 Å². The molecule has 0 amide bonds. The zero-order valence-electron chi connectivity index (χ0n) is 15.0. The van der Waals surface area contributed by atoms with Gasteiger partial charge in [-0.3, -0.25) is 4.98 Å². The molecule has 4 rings (SSSR count). The molecule has 0 saturated heterocycles. The second-order valence-electron chi connectivity index (χ2n) is 6.50. The minimum absolute atomic E-state index is 0.0825. The lowest BCUT2D eigenvalue weighted by Gasteiger charge is -2.20. The average molecular weight is 415 g/mol. The molecule has 0 spiro atoms. The first-order chi connectivity index (χ1) is 13.4. The van der Waals surface area contributed by atoms with Crippen molar-refractivity contribution in [3.63, 3.8) is 0 Å². The molecule has 28 heavy (non-hydrogen) atoms. The van der Waals surface area contributed by atoms with E-state index in [1.165, 1.54) is 12.1 Å². The van der Waals surface area contributed by atoms with E-state index in [0.717, 1.165) is 11.1 Å². The van der Waals surface area contributed by atoms with Crippen molar-refractivity contribution in [1.29, 1.82) is 0 Å². The van der Waals surface area contributed by atoms with Crippen LogP contribution in [0.5, 0.6) is 0 Å². The molecule has 0 saturated carbocycles. The number of hydrogen-bond acceptors (Lipinski definition) is 5. The Morgan fingerprint density at radius 1 is 1.18 bits per heavy atom. The summed E-state index contributed by atoms with van der Waals surface area (Å²) >= 11 is 1.56. The maximum Gasteiger partial charge on any atom is 0.323 e. The van der Waals surface area contributed by atoms with Crippen LogP contribution in [0.25, 0.3) is 11.0 Å². The molecule has 0 radical (unpaired) electrons. The van der Waals surface area contributed by atoms with Gasteiger partial charge in [0.25, 0.3) is 0 Å². The van der Waals surface area contributed by atoms with E-state index in [4.69, 9.17) is 0 Å². The van der Waals surface area contributed by atoms with E-state index in [2.05, 4.69) is 19.7 Å². The number of fused-ring (bicyclic) bond motifs is 1. The molecule has 3 aromatic heterocycles. The number of hydrogen-bond donors (Lipinski definition) is 3. The normalized spacial score (nSPS) is 13.0. The predicted molar refractivity (Wildman–Crippen MR) is 109 cm³/mol. The highest BCUT2D eigenvalue weighted by molar-refractivity contribution is 7.89. The van der Waals surface area contributed by atoms with Crippen molar-refractivity contribution in [1.82, 2.24) is 19.7 Å². The summed E-state index contributed by atoms with van der Waals surface area (Å²) in [6, 6.07) is 9.69. The average Bonchev–Trinajstić information content (AvgIpc) is 3.29. The SMILES string of the molecule is Cc1cccnc1[C@@H](Cc1ccsc1)NS(=O)(=O)c1ccc2[nH]c(=O)[nH]c2c1. The number of aromatic nitrogens is 3. The highest BCUT2D eigenvalue weighted by Gasteiger charge is 2.24. The zero-order chi connectivity index (χ0) is 19.7. The van der Waals surface area contributed by atoms with Crippen LogP contribution >= 0.6 is 11.3 Å². The Morgan fingerprint density at radius 2 is 2.00 bits per heavy atom. The number of thiophene rings is 1. The fourth-order valence-corrected chi connectivity index (χ4v) is 5.04. The van der Waals surface area contributed by atoms with Crippen LogP contribution in [0, 0.1) is 6.92 Å². The Hall–Kier alpha value is -2.75. The molecule has 0 aliphatic carbocycles. The number of aromatic amines is 2. The number of imidazole rings is 1. The van der Waals surface area contributed by atoms with Gasteiger partial charge >= 0.3 is 5.69 Å². The number of sulfonamides is 1. The monoisotopic (exact) mass is 414 g/mol. The molecule has 7 nitrogen and oxygen atoms in total. The first kappa shape index (κ1) is 18.6. The van der Waals surface area contributed by atoms with Crippen molar-refractivity contribution in [2.45, 2.75) is 24.3 Å². The van der Waals surface area contributed by atoms with E-state index in [1.54, 1.807) is 23.6 Å². The van der Waals surface area contributed by atoms with Crippen molar-refractivity contribution in [2.24, 2.45) is 0 Å². The Labute approximate surface area is 165 Å². The second-order valence-corrected chi connectivity index (χ2v) is 9.00. The summed E-state index contributed by atoms with van der Waals surface area (Å²) < 4.78 is 28.9. The van der Waals surface area contributed by atoms with Crippen LogP contribution in [0.15, 0.2) is 63.0 Å². The fourth-order valence-electron chi connectivity index (χ4n) is 3.14. The van der Waals surface area contributed by atoms with Gasteiger partial charge in [0.1, 0.15) is 0 Å². The lowest BCUT2D eigenvalue weighted by atomic mass is 10.0. The molecule has 0 unspecified atom stereocenters. The van der Waals surface area contributed by atoms with E-state index in [-0.39, 0.29) is 10.6 Å². The standard InChI is InChI=1S/C19H18N4O3S2/c1-12-3-2-7-20-18(12)17(9-13-6-8-27-11-13)23-28(25,26)14-4-5-15-16(10-14)22-19(24)21-15/h2-8,10-11,17,23H,9H2,1H3,(H2,21,22,24)/t17-/m1/s1. The highest BCUT2D eigenvalue weighted by Crippen LogP contribution is 2.24. The predicted octanol–water partition coefficient (Wildman–Crippen LogP) is 2.88. The van der Waals surface area contributed by atoms with Crippen molar-refractivity contribution < 1.29 is 8.42 Å². The summed E-state index contributed by atoms with van der Waals surface area (Å²) in [5.41, 5.74) is 3.25. The minimum Gasteiger partial charge on any atom is -0.306 e. The summed E-state index contributed by atoms with van der Waals surface area (Å²) in [5, 5.41) is 3.96. The van der Waals surface area contributed by atoms with E-state index in [0.29, 0.717) is 23.1 Å². The lowest BCUT2D eigenvalue weighted by molar-refractivity contribution is 0.549. The van der Waals surface area contributed by atoms with E-state index in [1.807, 2.05) is 35.9 Å². The maximum absolute atomic E-state index is 13.1. The number of benzene rings is 1. The molecular weight excluding hydrogens is 396 g/mol. The number of nitrogens with zero attached hydrogens (tertiary/aromatic N) is 1. The van der Waals surface area contributed by atoms with Crippen LogP contribution in [0.4, 0.5) is 0 Å². The van der Waals surface area contributed by atoms with Gasteiger partial charge in [-0.25, -0.2) is 17.9 Å². The molecule has 0 fully saturated rings. The molecule has 1 atom stereocenters. The highest BCUT2D eigenvalue weighted by atomic mass is 32.2. The number of rotatable bonds is 6. The molecule has 3 heterocycles. The summed E-state index contributed by atoms with van der Waals surface area (Å²) in [7, 11) is -3.83. The second kappa shape index (κ2) is 7.34. The van der Waals surface area contributed by atoms with Crippen molar-refractivity contribution in [3.8, 4) is 0 Å². The van der Waals surface area contributed by atoms with Gasteiger partial charge in [-0.15, -0.1) is 0 Å². The summed E-state index contributed by atoms with van der Waals surface area (Å²) in [6.07, 6.45) is 2.15. The van der Waals surface area contributed by atoms with Gasteiger partial charge in [-0.2, -0.15) is 11.3 Å². The molecule has 4 aromatic rings. The third kappa shape index (κ3) is 3.77. The number of aryl methyl sites for hydroxylation is 1. The Morgan fingerprint density at radius 3 is 2.75 bits per heavy atom. The third-order valence-electron chi connectivity index (χ3n) is 4.50. The smallest absolute Gasteiger partial charge is 0.306 e. The van der Waals surface area contributed by atoms with Gasteiger partial charge in [-0.05, 0) is 65.6 Å². The molecule has 9 heteroatoms. The largest absolute Gasteiger partial charge is 0.323 e. The van der Waals surface area contributed by atoms with Gasteiger partial charge in [0.15, 0.2) is 0 Å². The first-order valence-electron chi connectivity index (χ1n) is 8.59. The quantitative estimate of drug-likeness (QED) is 0.451. The Bertz CT molecular complexity index is 1270. The van der Waals surface area contributed by atoms with Gasteiger partial charge in [0.05, 0.1) is 27.7 Å². The van der Waals surface area contributed by atoms with Gasteiger partial charge in [0, 0.05) is 6.20 Å². The number of nitrogens with one attached hydrogen (secondary N) is 3. The van der Waals surface area contributed by atoms with Gasteiger partial charge in [0.2, 0.25) is 10.0 Å². The fraction of sp³-hybridized carbons (Fsp3) is 0.158. The minimum atomic E-state index is -3.83. The van der Waals surface area contributed by atoms with Crippen molar-refractivity contribution in [2.75, 3.05) is 0 Å². The van der Waals surface area contributed by atoms with Crippen LogP contribution in [-0.4, -0.2) is 23.4 Å². The number of pyridine rings is 1. The van der Waals surface area contributed by atoms with Crippen LogP contribution in [0.1, 0.15) is 22.9 Å². The van der Waals surface area contributed by atoms with E-state index in [9.17, 15) is 13.2 Å². The van der Waals surface area contributed by atoms with E-state index < -0.39 is 16.1 Å². The Balaban J connectivity index is 1.71. The molecule has 0 bridgehead atoms. The van der Waals surface area contributed by atoms with Crippen LogP contribution in [0.2, 0.25) is 0 Å². The van der Waals surface area contributed by atoms with E-state index >= 15 is 0 Å². The molecule has 1 aromatic carbocycles. The Kier molecular flexibility index (Phi) is 4.88. The van der Waals surface area contributed by atoms with Crippen molar-refractivity contribution >= 4 is 32.4 Å². The molecule has 144 valence electrons. The van der Waals surface area contributed by atoms with Crippen LogP contribution in [-0.2, 0) is 16.4 Å². The van der Waals surface area contributed by atoms with Gasteiger partial charge < -0.3 is 9.97 Å². The summed E-state index contributed by atoms with van der Waals surface area (Å²) in [5.74, 6) is 0. The number of H-pyrrole nitrogens is 2.